The average molecular weight is 340 g/mol. The van der Waals surface area contributed by atoms with Crippen molar-refractivity contribution in [3.8, 4) is 0 Å². The maximum atomic E-state index is 12.1. The Morgan fingerprint density at radius 2 is 2.15 bits per heavy atom. The number of rotatable bonds is 7. The summed E-state index contributed by atoms with van der Waals surface area (Å²) in [6.45, 7) is 4.00. The topological polar surface area (TPSA) is 127 Å². The van der Waals surface area contributed by atoms with E-state index in [1.165, 1.54) is 11.8 Å². The maximum Gasteiger partial charge on any atom is 0.306 e. The van der Waals surface area contributed by atoms with Crippen molar-refractivity contribution in [1.29, 1.82) is 0 Å². The predicted molar refractivity (Wildman–Crippen MR) is 81.6 cm³/mol. The summed E-state index contributed by atoms with van der Waals surface area (Å²) in [5, 5.41) is 10.8. The summed E-state index contributed by atoms with van der Waals surface area (Å²) in [6, 6.07) is 0.994. The van der Waals surface area contributed by atoms with Crippen LogP contribution in [0.3, 0.4) is 0 Å². The molecule has 0 saturated carbocycles. The van der Waals surface area contributed by atoms with Gasteiger partial charge >= 0.3 is 5.69 Å². The van der Waals surface area contributed by atoms with Gasteiger partial charge in [-0.25, -0.2) is 19.0 Å². The minimum Gasteiger partial charge on any atom is -0.310 e. The molecule has 1 rings (SSSR count). The van der Waals surface area contributed by atoms with Crippen LogP contribution in [0.5, 0.6) is 0 Å². The van der Waals surface area contributed by atoms with Crippen LogP contribution in [0, 0.1) is 10.1 Å². The smallest absolute Gasteiger partial charge is 0.306 e. The molecular weight excluding hydrogens is 324 g/mol. The van der Waals surface area contributed by atoms with Gasteiger partial charge in [-0.1, -0.05) is 11.3 Å². The SMILES string of the molecule is CSC(C)(C)CNS(=O)(=O)c1cc([N+](=O)[O-])c(NN)s1. The molecule has 0 aliphatic carbocycles. The highest BCUT2D eigenvalue weighted by Crippen LogP contribution is 2.36. The first-order valence-electron chi connectivity index (χ1n) is 5.42. The molecule has 0 saturated heterocycles. The molecule has 0 aromatic carbocycles. The van der Waals surface area contributed by atoms with Crippen molar-refractivity contribution >= 4 is 43.8 Å². The molecule has 0 aliphatic heterocycles. The van der Waals surface area contributed by atoms with Crippen LogP contribution in [0.25, 0.3) is 0 Å². The monoisotopic (exact) mass is 340 g/mol. The van der Waals surface area contributed by atoms with Gasteiger partial charge < -0.3 is 5.43 Å². The lowest BCUT2D eigenvalue weighted by molar-refractivity contribution is -0.383. The summed E-state index contributed by atoms with van der Waals surface area (Å²) in [6.07, 6.45) is 1.88. The van der Waals surface area contributed by atoms with Crippen LogP contribution in [0.15, 0.2) is 10.3 Å². The highest BCUT2D eigenvalue weighted by Gasteiger charge is 2.27. The highest BCUT2D eigenvalue weighted by atomic mass is 32.2. The number of thioether (sulfide) groups is 1. The molecule has 1 aromatic rings. The van der Waals surface area contributed by atoms with Crippen LogP contribution >= 0.6 is 23.1 Å². The Bertz CT molecular complexity index is 596. The van der Waals surface area contributed by atoms with Crippen molar-refractivity contribution < 1.29 is 13.3 Å². The average Bonchev–Trinajstić information content (AvgIpc) is 2.82. The number of hydrogen-bond acceptors (Lipinski definition) is 8. The Labute approximate surface area is 125 Å². The van der Waals surface area contributed by atoms with Gasteiger partial charge in [0, 0.05) is 17.4 Å². The molecule has 0 aliphatic rings. The lowest BCUT2D eigenvalue weighted by Gasteiger charge is -2.21. The number of hydrogen-bond donors (Lipinski definition) is 3. The Morgan fingerprint density at radius 3 is 2.55 bits per heavy atom. The normalized spacial score (nSPS) is 12.4. The van der Waals surface area contributed by atoms with Crippen LogP contribution in [0.1, 0.15) is 13.8 Å². The zero-order valence-electron chi connectivity index (χ0n) is 11.2. The number of nitrogens with zero attached hydrogens (tertiary/aromatic N) is 1. The van der Waals surface area contributed by atoms with Crippen molar-refractivity contribution in [2.24, 2.45) is 5.84 Å². The lowest BCUT2D eigenvalue weighted by atomic mass is 10.2. The Morgan fingerprint density at radius 1 is 1.55 bits per heavy atom. The summed E-state index contributed by atoms with van der Waals surface area (Å²) in [5.41, 5.74) is 1.77. The van der Waals surface area contributed by atoms with Crippen LogP contribution in [0.2, 0.25) is 0 Å². The van der Waals surface area contributed by atoms with Gasteiger partial charge in [0.15, 0.2) is 5.00 Å². The summed E-state index contributed by atoms with van der Waals surface area (Å²) < 4.78 is 26.2. The summed E-state index contributed by atoms with van der Waals surface area (Å²) in [5.74, 6) is 5.15. The van der Waals surface area contributed by atoms with Crippen LogP contribution in [-0.2, 0) is 10.0 Å². The first-order valence-corrected chi connectivity index (χ1v) is 8.95. The van der Waals surface area contributed by atoms with Crippen LogP contribution in [-0.4, -0.2) is 30.9 Å². The van der Waals surface area contributed by atoms with Crippen LogP contribution in [0.4, 0.5) is 10.7 Å². The van der Waals surface area contributed by atoms with Crippen molar-refractivity contribution in [3.63, 3.8) is 0 Å². The molecule has 4 N–H and O–H groups in total. The van der Waals surface area contributed by atoms with Gasteiger partial charge in [-0.15, -0.1) is 0 Å². The standard InChI is InChI=1S/C9H16N4O4S3/c1-9(2,18-3)5-11-20(16,17)7-4-6(13(14)15)8(12-10)19-7/h4,11-12H,5,10H2,1-3H3. The lowest BCUT2D eigenvalue weighted by Crippen LogP contribution is -2.35. The summed E-state index contributed by atoms with van der Waals surface area (Å²) >= 11 is 2.23. The van der Waals surface area contributed by atoms with E-state index >= 15 is 0 Å². The van der Waals surface area contributed by atoms with E-state index in [0.29, 0.717) is 0 Å². The molecule has 0 spiro atoms. The number of anilines is 1. The minimum atomic E-state index is -3.79. The van der Waals surface area contributed by atoms with E-state index in [1.807, 2.05) is 20.1 Å². The van der Waals surface area contributed by atoms with Gasteiger partial charge in [-0.3, -0.25) is 10.1 Å². The quantitative estimate of drug-likeness (QED) is 0.388. The number of thiophene rings is 1. The minimum absolute atomic E-state index is 0.000461. The third-order valence-corrected chi connectivity index (χ3v) is 6.70. The first-order chi connectivity index (χ1) is 9.13. The molecule has 114 valence electrons. The fourth-order valence-electron chi connectivity index (χ4n) is 1.14. The largest absolute Gasteiger partial charge is 0.310 e. The number of nitrogens with two attached hydrogens (primary N) is 1. The molecule has 8 nitrogen and oxygen atoms in total. The first kappa shape index (κ1) is 17.2. The zero-order valence-corrected chi connectivity index (χ0v) is 13.6. The van der Waals surface area contributed by atoms with Gasteiger partial charge in [-0.2, -0.15) is 11.8 Å². The van der Waals surface area contributed by atoms with Crippen molar-refractivity contribution in [2.45, 2.75) is 22.8 Å². The molecule has 0 atom stereocenters. The van der Waals surface area contributed by atoms with E-state index in [9.17, 15) is 18.5 Å². The Kier molecular flexibility index (Phi) is 5.38. The van der Waals surface area contributed by atoms with Gasteiger partial charge in [0.05, 0.1) is 4.92 Å². The van der Waals surface area contributed by atoms with Gasteiger partial charge in [0.1, 0.15) is 4.21 Å². The predicted octanol–water partition coefficient (Wildman–Crippen LogP) is 1.36. The third-order valence-electron chi connectivity index (χ3n) is 2.52. The molecule has 20 heavy (non-hydrogen) atoms. The molecular formula is C9H16N4O4S3. The number of sulfonamides is 1. The van der Waals surface area contributed by atoms with Gasteiger partial charge in [0.25, 0.3) is 0 Å². The number of hydrazine groups is 1. The third kappa shape index (κ3) is 4.06. The fraction of sp³-hybridized carbons (Fsp3) is 0.556. The second kappa shape index (κ2) is 6.26. The zero-order chi connectivity index (χ0) is 15.6. The Balaban J connectivity index is 3.02. The van der Waals surface area contributed by atoms with E-state index < -0.39 is 14.9 Å². The second-order valence-corrected chi connectivity index (χ2v) is 9.03. The van der Waals surface area contributed by atoms with Gasteiger partial charge in [-0.05, 0) is 20.1 Å². The van der Waals surface area contributed by atoms with E-state index in [2.05, 4.69) is 10.1 Å². The number of nitro groups is 1. The maximum absolute atomic E-state index is 12.1. The molecule has 11 heteroatoms. The number of nitrogens with one attached hydrogen (secondary N) is 2. The van der Waals surface area contributed by atoms with Crippen LogP contribution < -0.4 is 16.0 Å². The van der Waals surface area contributed by atoms with E-state index in [1.54, 1.807) is 0 Å². The van der Waals surface area contributed by atoms with E-state index in [4.69, 9.17) is 5.84 Å². The van der Waals surface area contributed by atoms with E-state index in [-0.39, 0.29) is 26.2 Å². The van der Waals surface area contributed by atoms with Crippen molar-refractivity contribution in [3.05, 3.63) is 16.2 Å². The van der Waals surface area contributed by atoms with Crippen molar-refractivity contribution in [1.82, 2.24) is 4.72 Å². The summed E-state index contributed by atoms with van der Waals surface area (Å²) in [7, 11) is -3.79. The molecule has 1 aromatic heterocycles. The van der Waals surface area contributed by atoms with Gasteiger partial charge in [0.2, 0.25) is 10.0 Å². The molecule has 0 radical (unpaired) electrons. The molecule has 0 amide bonds. The molecule has 0 unspecified atom stereocenters. The second-order valence-electron chi connectivity index (χ2n) is 4.47. The Hall–Kier alpha value is -0.880. The molecule has 0 bridgehead atoms. The highest BCUT2D eigenvalue weighted by molar-refractivity contribution is 8.00. The van der Waals surface area contributed by atoms with Crippen molar-refractivity contribution in [2.75, 3.05) is 18.2 Å². The number of nitrogen functional groups attached to an aromatic ring is 1. The molecule has 1 heterocycles. The molecule has 0 fully saturated rings. The fourth-order valence-corrected chi connectivity index (χ4v) is 3.95. The van der Waals surface area contributed by atoms with E-state index in [0.717, 1.165) is 17.4 Å². The summed E-state index contributed by atoms with van der Waals surface area (Å²) in [4.78, 5) is 10.1.